The zero-order chi connectivity index (χ0) is 17.7. The maximum absolute atomic E-state index is 12.5. The third-order valence-corrected chi connectivity index (χ3v) is 5.15. The Hall–Kier alpha value is -2.44. The van der Waals surface area contributed by atoms with E-state index in [2.05, 4.69) is 16.6 Å². The molecule has 5 nitrogen and oxygen atoms in total. The molecule has 130 valence electrons. The number of hydrogen-bond acceptors (Lipinski definition) is 4. The summed E-state index contributed by atoms with van der Waals surface area (Å²) in [6, 6.07) is 14.3. The highest BCUT2D eigenvalue weighted by molar-refractivity contribution is 7.89. The van der Waals surface area contributed by atoms with Crippen molar-refractivity contribution in [1.82, 2.24) is 9.71 Å². The van der Waals surface area contributed by atoms with Crippen LogP contribution in [-0.2, 0) is 16.6 Å². The minimum atomic E-state index is -3.58. The SMILES string of the molecule is CCCOc1ccc2cc(S(=O)(=O)NCc3cccnc3)ccc2c1. The van der Waals surface area contributed by atoms with E-state index in [1.807, 2.05) is 24.3 Å². The molecule has 1 N–H and O–H groups in total. The van der Waals surface area contributed by atoms with Crippen molar-refractivity contribution in [2.75, 3.05) is 6.61 Å². The van der Waals surface area contributed by atoms with Crippen LogP contribution in [0.1, 0.15) is 18.9 Å². The van der Waals surface area contributed by atoms with Crippen molar-refractivity contribution in [3.05, 3.63) is 66.5 Å². The highest BCUT2D eigenvalue weighted by atomic mass is 32.2. The molecule has 3 rings (SSSR count). The summed E-state index contributed by atoms with van der Waals surface area (Å²) in [5.74, 6) is 0.791. The van der Waals surface area contributed by atoms with Crippen LogP contribution in [0, 0.1) is 0 Å². The Morgan fingerprint density at radius 3 is 2.64 bits per heavy atom. The average molecular weight is 356 g/mol. The average Bonchev–Trinajstić information content (AvgIpc) is 2.65. The second-order valence-corrected chi connectivity index (χ2v) is 7.47. The zero-order valence-corrected chi connectivity index (χ0v) is 14.8. The number of sulfonamides is 1. The fourth-order valence-electron chi connectivity index (χ4n) is 2.44. The summed E-state index contributed by atoms with van der Waals surface area (Å²) in [5, 5.41) is 1.80. The van der Waals surface area contributed by atoms with E-state index in [4.69, 9.17) is 4.74 Å². The van der Waals surface area contributed by atoms with E-state index in [9.17, 15) is 8.42 Å². The molecule has 0 radical (unpaired) electrons. The number of rotatable bonds is 7. The summed E-state index contributed by atoms with van der Waals surface area (Å²) in [6.45, 7) is 2.92. The summed E-state index contributed by atoms with van der Waals surface area (Å²) in [6.07, 6.45) is 4.23. The van der Waals surface area contributed by atoms with Gasteiger partial charge < -0.3 is 4.74 Å². The van der Waals surface area contributed by atoms with E-state index in [0.717, 1.165) is 28.5 Å². The number of pyridine rings is 1. The van der Waals surface area contributed by atoms with Gasteiger partial charge in [-0.25, -0.2) is 13.1 Å². The molecule has 3 aromatic rings. The Labute approximate surface area is 147 Å². The van der Waals surface area contributed by atoms with Crippen LogP contribution in [0.2, 0.25) is 0 Å². The van der Waals surface area contributed by atoms with E-state index >= 15 is 0 Å². The van der Waals surface area contributed by atoms with Crippen molar-refractivity contribution in [3.63, 3.8) is 0 Å². The van der Waals surface area contributed by atoms with Crippen molar-refractivity contribution in [2.24, 2.45) is 0 Å². The third-order valence-electron chi connectivity index (χ3n) is 3.76. The first-order chi connectivity index (χ1) is 12.1. The summed E-state index contributed by atoms with van der Waals surface area (Å²) in [5.41, 5.74) is 0.810. The van der Waals surface area contributed by atoms with Crippen molar-refractivity contribution in [1.29, 1.82) is 0 Å². The number of nitrogens with one attached hydrogen (secondary N) is 1. The molecule has 0 unspecified atom stereocenters. The highest BCUT2D eigenvalue weighted by Crippen LogP contribution is 2.24. The van der Waals surface area contributed by atoms with E-state index in [1.54, 1.807) is 36.7 Å². The van der Waals surface area contributed by atoms with Crippen LogP contribution in [0.15, 0.2) is 65.8 Å². The predicted molar refractivity (Wildman–Crippen MR) is 98.0 cm³/mol. The second-order valence-electron chi connectivity index (χ2n) is 5.71. The summed E-state index contributed by atoms with van der Waals surface area (Å²) in [4.78, 5) is 4.22. The normalized spacial score (nSPS) is 11.6. The van der Waals surface area contributed by atoms with Crippen molar-refractivity contribution in [3.8, 4) is 5.75 Å². The highest BCUT2D eigenvalue weighted by Gasteiger charge is 2.14. The van der Waals surface area contributed by atoms with Gasteiger partial charge in [-0.15, -0.1) is 0 Å². The molecule has 0 saturated carbocycles. The van der Waals surface area contributed by atoms with Crippen LogP contribution < -0.4 is 9.46 Å². The first-order valence-electron chi connectivity index (χ1n) is 8.14. The van der Waals surface area contributed by atoms with Gasteiger partial charge >= 0.3 is 0 Å². The van der Waals surface area contributed by atoms with Gasteiger partial charge in [0, 0.05) is 18.9 Å². The lowest BCUT2D eigenvalue weighted by molar-refractivity contribution is 0.318. The maximum atomic E-state index is 12.5. The van der Waals surface area contributed by atoms with Crippen LogP contribution in [0.4, 0.5) is 0 Å². The van der Waals surface area contributed by atoms with Gasteiger partial charge in [-0.05, 0) is 53.1 Å². The Bertz CT molecular complexity index is 957. The van der Waals surface area contributed by atoms with Crippen LogP contribution in [0.25, 0.3) is 10.8 Å². The number of benzene rings is 2. The number of ether oxygens (including phenoxy) is 1. The minimum Gasteiger partial charge on any atom is -0.494 e. The van der Waals surface area contributed by atoms with Crippen molar-refractivity contribution in [2.45, 2.75) is 24.8 Å². The lowest BCUT2D eigenvalue weighted by Gasteiger charge is -2.09. The molecule has 0 bridgehead atoms. The molecule has 2 aromatic carbocycles. The molecule has 1 heterocycles. The molecule has 6 heteroatoms. The van der Waals surface area contributed by atoms with E-state index in [0.29, 0.717) is 6.61 Å². The van der Waals surface area contributed by atoms with E-state index < -0.39 is 10.0 Å². The van der Waals surface area contributed by atoms with Crippen LogP contribution in [0.3, 0.4) is 0 Å². The standard InChI is InChI=1S/C19H20N2O3S/c1-2-10-24-18-7-5-17-12-19(8-6-16(17)11-18)25(22,23)21-14-15-4-3-9-20-13-15/h3-9,11-13,21H,2,10,14H2,1H3. The van der Waals surface area contributed by atoms with E-state index in [-0.39, 0.29) is 11.4 Å². The Morgan fingerprint density at radius 1 is 1.08 bits per heavy atom. The van der Waals surface area contributed by atoms with E-state index in [1.165, 1.54) is 0 Å². The third kappa shape index (κ3) is 4.35. The lowest BCUT2D eigenvalue weighted by atomic mass is 10.1. The molecular weight excluding hydrogens is 336 g/mol. The number of hydrogen-bond donors (Lipinski definition) is 1. The molecule has 0 aliphatic carbocycles. The van der Waals surface area contributed by atoms with Gasteiger partial charge in [-0.1, -0.05) is 25.1 Å². The summed E-state index contributed by atoms with van der Waals surface area (Å²) < 4.78 is 33.2. The van der Waals surface area contributed by atoms with Gasteiger partial charge in [0.25, 0.3) is 0 Å². The predicted octanol–water partition coefficient (Wildman–Crippen LogP) is 3.50. The fourth-order valence-corrected chi connectivity index (χ4v) is 3.50. The molecule has 1 aromatic heterocycles. The molecule has 25 heavy (non-hydrogen) atoms. The number of nitrogens with zero attached hydrogens (tertiary/aromatic N) is 1. The molecule has 0 saturated heterocycles. The Morgan fingerprint density at radius 2 is 1.88 bits per heavy atom. The molecule has 0 spiro atoms. The molecule has 0 amide bonds. The van der Waals surface area contributed by atoms with Crippen molar-refractivity contribution < 1.29 is 13.2 Å². The first kappa shape index (κ1) is 17.4. The first-order valence-corrected chi connectivity index (χ1v) is 9.62. The van der Waals surface area contributed by atoms with Gasteiger partial charge in [-0.3, -0.25) is 4.98 Å². The van der Waals surface area contributed by atoms with Crippen LogP contribution in [-0.4, -0.2) is 20.0 Å². The molecule has 0 aliphatic heterocycles. The largest absolute Gasteiger partial charge is 0.494 e. The van der Waals surface area contributed by atoms with Gasteiger partial charge in [0.15, 0.2) is 0 Å². The van der Waals surface area contributed by atoms with Gasteiger partial charge in [0.1, 0.15) is 5.75 Å². The van der Waals surface area contributed by atoms with Gasteiger partial charge in [0.05, 0.1) is 11.5 Å². The molecule has 0 fully saturated rings. The molecular formula is C19H20N2O3S. The maximum Gasteiger partial charge on any atom is 0.240 e. The van der Waals surface area contributed by atoms with Crippen molar-refractivity contribution >= 4 is 20.8 Å². The molecule has 0 atom stereocenters. The zero-order valence-electron chi connectivity index (χ0n) is 14.0. The Balaban J connectivity index is 1.80. The number of fused-ring (bicyclic) bond motifs is 1. The fraction of sp³-hybridized carbons (Fsp3) is 0.211. The summed E-state index contributed by atoms with van der Waals surface area (Å²) in [7, 11) is -3.58. The quantitative estimate of drug-likeness (QED) is 0.703. The monoisotopic (exact) mass is 356 g/mol. The second kappa shape index (κ2) is 7.63. The lowest BCUT2D eigenvalue weighted by Crippen LogP contribution is -2.23. The topological polar surface area (TPSA) is 68.3 Å². The minimum absolute atomic E-state index is 0.206. The smallest absolute Gasteiger partial charge is 0.240 e. The van der Waals surface area contributed by atoms with Gasteiger partial charge in [-0.2, -0.15) is 0 Å². The van der Waals surface area contributed by atoms with Crippen LogP contribution >= 0.6 is 0 Å². The summed E-state index contributed by atoms with van der Waals surface area (Å²) >= 11 is 0. The molecule has 0 aliphatic rings. The number of aromatic nitrogens is 1. The Kier molecular flexibility index (Phi) is 5.31. The van der Waals surface area contributed by atoms with Crippen LogP contribution in [0.5, 0.6) is 5.75 Å². The van der Waals surface area contributed by atoms with Gasteiger partial charge in [0.2, 0.25) is 10.0 Å².